The van der Waals surface area contributed by atoms with Gasteiger partial charge in [0.2, 0.25) is 5.91 Å². The number of aliphatic hydroxyl groups excluding tert-OH is 1. The summed E-state index contributed by atoms with van der Waals surface area (Å²) in [4.78, 5) is 14.3. The van der Waals surface area contributed by atoms with Crippen LogP contribution in [-0.2, 0) is 4.79 Å². The summed E-state index contributed by atoms with van der Waals surface area (Å²) < 4.78 is 0. The van der Waals surface area contributed by atoms with Crippen LogP contribution in [-0.4, -0.2) is 35.1 Å². The fraction of sp³-hybridized carbons (Fsp3) is 0.933. The van der Waals surface area contributed by atoms with E-state index in [0.717, 1.165) is 51.4 Å². The van der Waals surface area contributed by atoms with E-state index >= 15 is 0 Å². The van der Waals surface area contributed by atoms with Gasteiger partial charge in [0.05, 0.1) is 12.1 Å². The Bertz CT molecular complexity index is 255. The van der Waals surface area contributed by atoms with Gasteiger partial charge >= 0.3 is 0 Å². The van der Waals surface area contributed by atoms with Crippen LogP contribution in [0.5, 0.6) is 0 Å². The molecule has 1 saturated carbocycles. The third-order valence-electron chi connectivity index (χ3n) is 4.29. The molecule has 0 aromatic carbocycles. The zero-order valence-electron chi connectivity index (χ0n) is 12.2. The predicted octanol–water partition coefficient (Wildman–Crippen LogP) is 2.96. The number of aliphatic hydroxyl groups is 1. The van der Waals surface area contributed by atoms with Gasteiger partial charge in [-0.2, -0.15) is 0 Å². The Hall–Kier alpha value is -0.570. The van der Waals surface area contributed by atoms with Crippen LogP contribution in [0.1, 0.15) is 65.2 Å². The molecule has 0 aliphatic heterocycles. The number of hydrogen-bond donors (Lipinski definition) is 1. The predicted molar refractivity (Wildman–Crippen MR) is 74.3 cm³/mol. The molecule has 0 spiro atoms. The minimum Gasteiger partial charge on any atom is -0.391 e. The van der Waals surface area contributed by atoms with E-state index in [0.29, 0.717) is 0 Å². The molecule has 1 rings (SSSR count). The molecule has 1 amide bonds. The average Bonchev–Trinajstić information content (AvgIpc) is 2.39. The smallest absolute Gasteiger partial charge is 0.225 e. The van der Waals surface area contributed by atoms with Crippen LogP contribution < -0.4 is 0 Å². The molecule has 0 bridgehead atoms. The molecule has 1 aliphatic rings. The van der Waals surface area contributed by atoms with E-state index in [9.17, 15) is 9.90 Å². The normalized spacial score (nSPS) is 25.8. The first-order valence-corrected chi connectivity index (χ1v) is 7.56. The first-order chi connectivity index (χ1) is 8.61. The summed E-state index contributed by atoms with van der Waals surface area (Å²) in [5.41, 5.74) is 0. The monoisotopic (exact) mass is 255 g/mol. The maximum Gasteiger partial charge on any atom is 0.225 e. The summed E-state index contributed by atoms with van der Waals surface area (Å²) in [7, 11) is 1.87. The van der Waals surface area contributed by atoms with Crippen LogP contribution in [0.2, 0.25) is 0 Å². The van der Waals surface area contributed by atoms with Crippen molar-refractivity contribution in [2.45, 2.75) is 77.4 Å². The van der Waals surface area contributed by atoms with Crippen LogP contribution in [0.3, 0.4) is 0 Å². The van der Waals surface area contributed by atoms with Crippen molar-refractivity contribution in [2.24, 2.45) is 5.92 Å². The van der Waals surface area contributed by atoms with Gasteiger partial charge in [-0.3, -0.25) is 4.79 Å². The summed E-state index contributed by atoms with van der Waals surface area (Å²) >= 11 is 0. The molecule has 1 N–H and O–H groups in total. The number of likely N-dealkylation sites (N-methyl/N-ethyl adjacent to an activating group) is 1. The lowest BCUT2D eigenvalue weighted by molar-refractivity contribution is -0.140. The van der Waals surface area contributed by atoms with Crippen molar-refractivity contribution < 1.29 is 9.90 Å². The van der Waals surface area contributed by atoms with E-state index < -0.39 is 0 Å². The second-order valence-corrected chi connectivity index (χ2v) is 5.62. The molecular weight excluding hydrogens is 226 g/mol. The lowest BCUT2D eigenvalue weighted by Crippen LogP contribution is -2.48. The van der Waals surface area contributed by atoms with Crippen molar-refractivity contribution in [3.63, 3.8) is 0 Å². The van der Waals surface area contributed by atoms with Crippen molar-refractivity contribution in [1.29, 1.82) is 0 Å². The van der Waals surface area contributed by atoms with Gasteiger partial charge in [0, 0.05) is 13.0 Å². The summed E-state index contributed by atoms with van der Waals surface area (Å²) in [6.07, 6.45) is 7.84. The van der Waals surface area contributed by atoms with E-state index in [-0.39, 0.29) is 24.0 Å². The number of rotatable bonds is 6. The maximum absolute atomic E-state index is 12.4. The van der Waals surface area contributed by atoms with E-state index in [1.807, 2.05) is 11.9 Å². The van der Waals surface area contributed by atoms with Gasteiger partial charge in [0.1, 0.15) is 0 Å². The molecule has 106 valence electrons. The zero-order chi connectivity index (χ0) is 13.5. The zero-order valence-corrected chi connectivity index (χ0v) is 12.2. The van der Waals surface area contributed by atoms with Crippen LogP contribution in [0.25, 0.3) is 0 Å². The topological polar surface area (TPSA) is 40.5 Å². The summed E-state index contributed by atoms with van der Waals surface area (Å²) in [6.45, 7) is 4.25. The van der Waals surface area contributed by atoms with E-state index in [4.69, 9.17) is 0 Å². The highest BCUT2D eigenvalue weighted by atomic mass is 16.3. The molecule has 3 heteroatoms. The van der Waals surface area contributed by atoms with Crippen LogP contribution in [0, 0.1) is 5.92 Å². The van der Waals surface area contributed by atoms with Gasteiger partial charge in [-0.1, -0.05) is 39.5 Å². The Morgan fingerprint density at radius 3 is 2.56 bits per heavy atom. The molecule has 3 atom stereocenters. The second kappa shape index (κ2) is 7.78. The molecule has 1 fully saturated rings. The summed E-state index contributed by atoms with van der Waals surface area (Å²) in [5, 5.41) is 10.0. The van der Waals surface area contributed by atoms with Crippen molar-refractivity contribution in [1.82, 2.24) is 4.90 Å². The number of amides is 1. The quantitative estimate of drug-likeness (QED) is 0.792. The van der Waals surface area contributed by atoms with Gasteiger partial charge in [-0.05, 0) is 25.7 Å². The van der Waals surface area contributed by atoms with Crippen molar-refractivity contribution in [3.8, 4) is 0 Å². The molecule has 0 radical (unpaired) electrons. The lowest BCUT2D eigenvalue weighted by atomic mass is 9.90. The number of nitrogens with zero attached hydrogens (tertiary/aromatic N) is 1. The third kappa shape index (κ3) is 3.98. The van der Waals surface area contributed by atoms with Crippen molar-refractivity contribution >= 4 is 5.91 Å². The fourth-order valence-corrected chi connectivity index (χ4v) is 2.95. The Balaban J connectivity index is 2.57. The molecule has 0 aromatic heterocycles. The van der Waals surface area contributed by atoms with Crippen molar-refractivity contribution in [2.75, 3.05) is 7.05 Å². The van der Waals surface area contributed by atoms with Crippen LogP contribution in [0.4, 0.5) is 0 Å². The van der Waals surface area contributed by atoms with Gasteiger partial charge in [-0.25, -0.2) is 0 Å². The van der Waals surface area contributed by atoms with Gasteiger partial charge in [0.25, 0.3) is 0 Å². The molecule has 0 saturated heterocycles. The molecule has 18 heavy (non-hydrogen) atoms. The highest BCUT2D eigenvalue weighted by Crippen LogP contribution is 2.25. The van der Waals surface area contributed by atoms with Crippen LogP contribution >= 0.6 is 0 Å². The van der Waals surface area contributed by atoms with Gasteiger partial charge in [-0.15, -0.1) is 0 Å². The molecule has 3 nitrogen and oxygen atoms in total. The minimum absolute atomic E-state index is 0.0435. The second-order valence-electron chi connectivity index (χ2n) is 5.62. The highest BCUT2D eigenvalue weighted by Gasteiger charge is 2.31. The molecule has 0 aromatic rings. The standard InChI is InChI=1S/C15H29NO2/c1-4-6-9-12(5-2)15(18)16(3)13-10-7-8-11-14(13)17/h12-14,17H,4-11H2,1-3H3. The van der Waals surface area contributed by atoms with Gasteiger partial charge in [0.15, 0.2) is 0 Å². The first kappa shape index (κ1) is 15.5. The summed E-state index contributed by atoms with van der Waals surface area (Å²) in [6, 6.07) is 0.0435. The fourth-order valence-electron chi connectivity index (χ4n) is 2.95. The molecule has 0 heterocycles. The Kier molecular flexibility index (Phi) is 6.69. The Morgan fingerprint density at radius 1 is 1.33 bits per heavy atom. The van der Waals surface area contributed by atoms with Crippen molar-refractivity contribution in [3.05, 3.63) is 0 Å². The number of carbonyl (C=O) groups is 1. The van der Waals surface area contributed by atoms with E-state index in [2.05, 4.69) is 13.8 Å². The third-order valence-corrected chi connectivity index (χ3v) is 4.29. The molecule has 3 unspecified atom stereocenters. The number of unbranched alkanes of at least 4 members (excludes halogenated alkanes) is 1. The maximum atomic E-state index is 12.4. The molecule has 1 aliphatic carbocycles. The SMILES string of the molecule is CCCCC(CC)C(=O)N(C)C1CCCCC1O. The Labute approximate surface area is 112 Å². The number of hydrogen-bond acceptors (Lipinski definition) is 2. The largest absolute Gasteiger partial charge is 0.391 e. The average molecular weight is 255 g/mol. The molecular formula is C15H29NO2. The number of carbonyl (C=O) groups excluding carboxylic acids is 1. The Morgan fingerprint density at radius 2 is 2.00 bits per heavy atom. The van der Waals surface area contributed by atoms with E-state index in [1.165, 1.54) is 0 Å². The van der Waals surface area contributed by atoms with Crippen LogP contribution in [0.15, 0.2) is 0 Å². The van der Waals surface area contributed by atoms with E-state index in [1.54, 1.807) is 0 Å². The first-order valence-electron chi connectivity index (χ1n) is 7.56. The highest BCUT2D eigenvalue weighted by molar-refractivity contribution is 5.78. The van der Waals surface area contributed by atoms with Gasteiger partial charge < -0.3 is 10.0 Å². The minimum atomic E-state index is -0.323. The summed E-state index contributed by atoms with van der Waals surface area (Å²) in [5.74, 6) is 0.376. The lowest BCUT2D eigenvalue weighted by Gasteiger charge is -2.37.